The summed E-state index contributed by atoms with van der Waals surface area (Å²) in [6, 6.07) is 39.0. The molecule has 0 radical (unpaired) electrons. The third kappa shape index (κ3) is 4.83. The molecule has 3 heterocycles. The van der Waals surface area contributed by atoms with E-state index in [1.807, 2.05) is 26.0 Å². The zero-order valence-corrected chi connectivity index (χ0v) is 26.8. The van der Waals surface area contributed by atoms with E-state index in [4.69, 9.17) is 4.42 Å². The normalized spacial score (nSPS) is 15.1. The van der Waals surface area contributed by atoms with Crippen LogP contribution in [0.4, 0.5) is 11.4 Å². The maximum absolute atomic E-state index is 6.14. The zero-order valence-electron chi connectivity index (χ0n) is 26.8. The number of fused-ring (bicyclic) bond motifs is 7. The number of nitrogens with zero attached hydrogens (tertiary/aromatic N) is 2. The molecular formula is C44H36N2O. The highest BCUT2D eigenvalue weighted by molar-refractivity contribution is 6.06. The molecule has 228 valence electrons. The monoisotopic (exact) mass is 608 g/mol. The molecule has 0 saturated carbocycles. The van der Waals surface area contributed by atoms with E-state index in [0.717, 1.165) is 63.0 Å². The maximum atomic E-state index is 6.14. The average Bonchev–Trinajstić information content (AvgIpc) is 3.67. The Morgan fingerprint density at radius 3 is 2.34 bits per heavy atom. The molecule has 0 atom stereocenters. The third-order valence-corrected chi connectivity index (χ3v) is 9.18. The van der Waals surface area contributed by atoms with Crippen molar-refractivity contribution in [2.75, 3.05) is 4.90 Å². The Hall–Kier alpha value is -5.80. The highest BCUT2D eigenvalue weighted by Gasteiger charge is 2.21. The second-order valence-corrected chi connectivity index (χ2v) is 11.8. The lowest BCUT2D eigenvalue weighted by molar-refractivity contribution is 0.669. The van der Waals surface area contributed by atoms with Crippen LogP contribution >= 0.6 is 0 Å². The molecule has 0 saturated heterocycles. The standard InChI is InChI=1S/C42H30N2O.C2H6/c1-28-11-9-10-24-43(31-12-3-2-4-13-31)38-21-18-29(25-35(28)38)30-19-22-40-36(26-30)33-14-5-7-16-39(33)44(40)32-20-23-42-37(27-32)34-15-6-8-17-41(34)45-42;1-2/h2-4,6-13,15-27H,1,5,14H2;1-2H3/b11-9-,24-10-;. The minimum absolute atomic E-state index is 0.916. The molecule has 9 rings (SSSR count). The van der Waals surface area contributed by atoms with Gasteiger partial charge in [-0.3, -0.25) is 0 Å². The lowest BCUT2D eigenvalue weighted by atomic mass is 9.94. The number of benzene rings is 5. The molecule has 2 aliphatic rings. The number of allylic oxidation sites excluding steroid dienone is 5. The number of hydrogen-bond donors (Lipinski definition) is 0. The summed E-state index contributed by atoms with van der Waals surface area (Å²) in [4.78, 5) is 2.24. The molecule has 1 aliphatic carbocycles. The van der Waals surface area contributed by atoms with Gasteiger partial charge in [-0.05, 0) is 108 Å². The van der Waals surface area contributed by atoms with Crippen molar-refractivity contribution in [1.29, 1.82) is 0 Å². The Balaban J connectivity index is 0.00000159. The van der Waals surface area contributed by atoms with Gasteiger partial charge in [0.05, 0.1) is 11.2 Å². The molecular weight excluding hydrogens is 572 g/mol. The quantitative estimate of drug-likeness (QED) is 0.199. The van der Waals surface area contributed by atoms with Crippen molar-refractivity contribution in [1.82, 2.24) is 4.57 Å². The summed E-state index contributed by atoms with van der Waals surface area (Å²) in [5.74, 6) is 0. The molecule has 0 bridgehead atoms. The SMILES string of the molecule is C=C1/C=C\C=C/N(c2ccccc2)c2ccc(-c3ccc4c(c3)c3c(n4-c4ccc5oc6ccccc6c5c4)C=CCC3)cc21.CC. The Labute approximate surface area is 275 Å². The first-order chi connectivity index (χ1) is 23.2. The van der Waals surface area contributed by atoms with Crippen LogP contribution in [0.5, 0.6) is 0 Å². The number of anilines is 2. The largest absolute Gasteiger partial charge is 0.456 e. The molecule has 0 N–H and O–H groups in total. The lowest BCUT2D eigenvalue weighted by Crippen LogP contribution is -2.11. The number of aryl methyl sites for hydroxylation is 1. The molecule has 3 nitrogen and oxygen atoms in total. The summed E-state index contributed by atoms with van der Waals surface area (Å²) in [7, 11) is 0. The van der Waals surface area contributed by atoms with Gasteiger partial charge in [0.1, 0.15) is 11.2 Å². The van der Waals surface area contributed by atoms with Crippen molar-refractivity contribution in [3.63, 3.8) is 0 Å². The highest BCUT2D eigenvalue weighted by atomic mass is 16.3. The minimum atomic E-state index is 0.916. The van der Waals surface area contributed by atoms with E-state index in [0.29, 0.717) is 0 Å². The Bertz CT molecular complexity index is 2400. The van der Waals surface area contributed by atoms with Crippen LogP contribution in [0.1, 0.15) is 37.1 Å². The second kappa shape index (κ2) is 11.9. The summed E-state index contributed by atoms with van der Waals surface area (Å²) in [5, 5.41) is 3.60. The molecule has 0 amide bonds. The first-order valence-electron chi connectivity index (χ1n) is 16.5. The molecule has 47 heavy (non-hydrogen) atoms. The summed E-state index contributed by atoms with van der Waals surface area (Å²) >= 11 is 0. The number of rotatable bonds is 3. The molecule has 0 unspecified atom stereocenters. The summed E-state index contributed by atoms with van der Waals surface area (Å²) in [6.07, 6.45) is 15.0. The minimum Gasteiger partial charge on any atom is -0.456 e. The number of furan rings is 1. The van der Waals surface area contributed by atoms with Crippen molar-refractivity contribution in [2.45, 2.75) is 26.7 Å². The first kappa shape index (κ1) is 28.7. The molecule has 7 aromatic rings. The Morgan fingerprint density at radius 2 is 1.45 bits per heavy atom. The van der Waals surface area contributed by atoms with Crippen molar-refractivity contribution in [3.05, 3.63) is 163 Å². The van der Waals surface area contributed by atoms with Crippen LogP contribution in [0, 0.1) is 0 Å². The number of aromatic nitrogens is 1. The first-order valence-corrected chi connectivity index (χ1v) is 16.5. The fourth-order valence-electron chi connectivity index (χ4n) is 7.02. The van der Waals surface area contributed by atoms with Crippen LogP contribution < -0.4 is 4.90 Å². The van der Waals surface area contributed by atoms with Gasteiger partial charge in [0.15, 0.2) is 0 Å². The molecule has 3 heteroatoms. The van der Waals surface area contributed by atoms with E-state index in [9.17, 15) is 0 Å². The topological polar surface area (TPSA) is 21.3 Å². The fourth-order valence-corrected chi connectivity index (χ4v) is 7.02. The van der Waals surface area contributed by atoms with Gasteiger partial charge in [0, 0.05) is 45.0 Å². The Kier molecular flexibility index (Phi) is 7.23. The van der Waals surface area contributed by atoms with E-state index in [1.54, 1.807) is 0 Å². The van der Waals surface area contributed by atoms with E-state index in [-0.39, 0.29) is 0 Å². The van der Waals surface area contributed by atoms with Crippen molar-refractivity contribution < 1.29 is 4.42 Å². The lowest BCUT2D eigenvalue weighted by Gasteiger charge is -2.25. The molecule has 1 aliphatic heterocycles. The number of para-hydroxylation sites is 2. The third-order valence-electron chi connectivity index (χ3n) is 9.18. The van der Waals surface area contributed by atoms with Crippen LogP contribution in [-0.2, 0) is 6.42 Å². The second-order valence-electron chi connectivity index (χ2n) is 11.8. The van der Waals surface area contributed by atoms with E-state index in [1.165, 1.54) is 33.3 Å². The molecule has 5 aromatic carbocycles. The Morgan fingerprint density at radius 1 is 0.660 bits per heavy atom. The van der Waals surface area contributed by atoms with Gasteiger partial charge >= 0.3 is 0 Å². The summed E-state index contributed by atoms with van der Waals surface area (Å²) in [6.45, 7) is 8.44. The van der Waals surface area contributed by atoms with Gasteiger partial charge in [0.25, 0.3) is 0 Å². The molecule has 0 fully saturated rings. The van der Waals surface area contributed by atoms with E-state index >= 15 is 0 Å². The fraction of sp³-hybridized carbons (Fsp3) is 0.0909. The molecule has 0 spiro atoms. The predicted molar refractivity (Wildman–Crippen MR) is 201 cm³/mol. The average molecular weight is 609 g/mol. The van der Waals surface area contributed by atoms with Gasteiger partial charge in [0.2, 0.25) is 0 Å². The van der Waals surface area contributed by atoms with Gasteiger partial charge in [-0.2, -0.15) is 0 Å². The summed E-state index contributed by atoms with van der Waals surface area (Å²) in [5.41, 5.74) is 13.6. The summed E-state index contributed by atoms with van der Waals surface area (Å²) < 4.78 is 8.56. The molecule has 2 aromatic heterocycles. The van der Waals surface area contributed by atoms with Crippen molar-refractivity contribution in [3.8, 4) is 16.8 Å². The van der Waals surface area contributed by atoms with Gasteiger partial charge in [-0.1, -0.05) is 87.2 Å². The van der Waals surface area contributed by atoms with Crippen LogP contribution in [0.2, 0.25) is 0 Å². The predicted octanol–water partition coefficient (Wildman–Crippen LogP) is 12.4. The van der Waals surface area contributed by atoms with Gasteiger partial charge < -0.3 is 13.9 Å². The number of hydrogen-bond acceptors (Lipinski definition) is 2. The van der Waals surface area contributed by atoms with E-state index in [2.05, 4.69) is 150 Å². The smallest absolute Gasteiger partial charge is 0.135 e. The van der Waals surface area contributed by atoms with Crippen LogP contribution in [0.25, 0.3) is 61.3 Å². The highest BCUT2D eigenvalue weighted by Crippen LogP contribution is 2.40. The van der Waals surface area contributed by atoms with Crippen LogP contribution in [0.15, 0.2) is 151 Å². The van der Waals surface area contributed by atoms with Crippen LogP contribution in [0.3, 0.4) is 0 Å². The van der Waals surface area contributed by atoms with Crippen molar-refractivity contribution in [2.24, 2.45) is 0 Å². The van der Waals surface area contributed by atoms with Crippen LogP contribution in [-0.4, -0.2) is 4.57 Å². The van der Waals surface area contributed by atoms with E-state index < -0.39 is 0 Å². The maximum Gasteiger partial charge on any atom is 0.135 e. The van der Waals surface area contributed by atoms with Gasteiger partial charge in [-0.15, -0.1) is 0 Å². The van der Waals surface area contributed by atoms with Gasteiger partial charge in [-0.25, -0.2) is 0 Å². The van der Waals surface area contributed by atoms with Crippen molar-refractivity contribution >= 4 is 55.9 Å². The zero-order chi connectivity index (χ0) is 31.9.